The molecule has 2 aromatic rings. The standard InChI is InChI=1S/C18H20Si/c1-11-6-4-7-12(2)17(11)14-8-5-9-15-16(14)10-13(3)18(15)19/h4-10,18H,1-3,19H3. The first-order valence-corrected chi connectivity index (χ1v) is 8.12. The molecule has 0 nitrogen and oxygen atoms in total. The van der Waals surface area contributed by atoms with Crippen LogP contribution in [0.5, 0.6) is 0 Å². The van der Waals surface area contributed by atoms with Crippen molar-refractivity contribution in [2.24, 2.45) is 0 Å². The molecule has 2 aromatic carbocycles. The Morgan fingerprint density at radius 2 is 1.53 bits per heavy atom. The van der Waals surface area contributed by atoms with Gasteiger partial charge in [-0.2, -0.15) is 0 Å². The number of fused-ring (bicyclic) bond motifs is 1. The van der Waals surface area contributed by atoms with Crippen LogP contribution in [0.2, 0.25) is 0 Å². The molecule has 1 aliphatic carbocycles. The van der Waals surface area contributed by atoms with Gasteiger partial charge in [0.1, 0.15) is 0 Å². The van der Waals surface area contributed by atoms with Gasteiger partial charge in [0.15, 0.2) is 0 Å². The molecule has 3 rings (SSSR count). The monoisotopic (exact) mass is 264 g/mol. The molecule has 0 aromatic heterocycles. The fraction of sp³-hybridized carbons (Fsp3) is 0.222. The van der Waals surface area contributed by atoms with Crippen molar-refractivity contribution in [1.82, 2.24) is 0 Å². The van der Waals surface area contributed by atoms with E-state index in [0.29, 0.717) is 5.54 Å². The summed E-state index contributed by atoms with van der Waals surface area (Å²) in [5.41, 5.74) is 10.8. The molecule has 19 heavy (non-hydrogen) atoms. The maximum absolute atomic E-state index is 2.40. The van der Waals surface area contributed by atoms with Crippen LogP contribution in [-0.4, -0.2) is 10.2 Å². The van der Waals surface area contributed by atoms with Crippen molar-refractivity contribution < 1.29 is 0 Å². The van der Waals surface area contributed by atoms with E-state index in [9.17, 15) is 0 Å². The Balaban J connectivity index is 2.30. The first-order valence-electron chi connectivity index (χ1n) is 6.97. The van der Waals surface area contributed by atoms with Crippen molar-refractivity contribution >= 4 is 16.3 Å². The Morgan fingerprint density at radius 1 is 0.895 bits per heavy atom. The fourth-order valence-corrected chi connectivity index (χ4v) is 3.85. The van der Waals surface area contributed by atoms with E-state index in [-0.39, 0.29) is 0 Å². The highest BCUT2D eigenvalue weighted by Crippen LogP contribution is 2.40. The van der Waals surface area contributed by atoms with E-state index in [2.05, 4.69) is 63.2 Å². The first-order chi connectivity index (χ1) is 9.09. The molecular weight excluding hydrogens is 244 g/mol. The van der Waals surface area contributed by atoms with Crippen LogP contribution in [0.15, 0.2) is 42.0 Å². The number of allylic oxidation sites excluding steroid dienone is 1. The van der Waals surface area contributed by atoms with Crippen molar-refractivity contribution in [1.29, 1.82) is 0 Å². The zero-order chi connectivity index (χ0) is 13.6. The Bertz CT molecular complexity index is 660. The van der Waals surface area contributed by atoms with Crippen LogP contribution in [0.1, 0.15) is 34.7 Å². The van der Waals surface area contributed by atoms with E-state index in [1.54, 1.807) is 0 Å². The lowest BCUT2D eigenvalue weighted by molar-refractivity contribution is 1.14. The average molecular weight is 264 g/mol. The van der Waals surface area contributed by atoms with E-state index in [1.165, 1.54) is 49.2 Å². The molecule has 1 aliphatic rings. The van der Waals surface area contributed by atoms with Crippen molar-refractivity contribution in [3.05, 3.63) is 64.2 Å². The van der Waals surface area contributed by atoms with E-state index in [4.69, 9.17) is 0 Å². The molecule has 0 amide bonds. The van der Waals surface area contributed by atoms with E-state index < -0.39 is 0 Å². The number of hydrogen-bond donors (Lipinski definition) is 0. The summed E-state index contributed by atoms with van der Waals surface area (Å²) in [6, 6.07) is 13.4. The summed E-state index contributed by atoms with van der Waals surface area (Å²) >= 11 is 0. The highest BCUT2D eigenvalue weighted by atomic mass is 28.1. The first kappa shape index (κ1) is 12.4. The third-order valence-corrected chi connectivity index (χ3v) is 5.94. The fourth-order valence-electron chi connectivity index (χ4n) is 3.18. The van der Waals surface area contributed by atoms with Crippen molar-refractivity contribution in [3.8, 4) is 11.1 Å². The van der Waals surface area contributed by atoms with Crippen LogP contribution in [0.25, 0.3) is 17.2 Å². The summed E-state index contributed by atoms with van der Waals surface area (Å²) in [5, 5.41) is 0. The highest BCUT2D eigenvalue weighted by molar-refractivity contribution is 6.16. The van der Waals surface area contributed by atoms with Gasteiger partial charge < -0.3 is 0 Å². The Kier molecular flexibility index (Phi) is 2.94. The second-order valence-corrected chi connectivity index (χ2v) is 6.84. The molecule has 0 spiro atoms. The Morgan fingerprint density at radius 3 is 2.21 bits per heavy atom. The molecule has 1 atom stereocenters. The lowest BCUT2D eigenvalue weighted by atomic mass is 9.91. The molecule has 0 bridgehead atoms. The third-order valence-electron chi connectivity index (χ3n) is 4.41. The number of hydrogen-bond acceptors (Lipinski definition) is 0. The predicted octanol–water partition coefficient (Wildman–Crippen LogP) is 3.79. The van der Waals surface area contributed by atoms with Gasteiger partial charge in [-0.25, -0.2) is 0 Å². The van der Waals surface area contributed by atoms with E-state index in [1.807, 2.05) is 0 Å². The number of aryl methyl sites for hydroxylation is 2. The van der Waals surface area contributed by atoms with Crippen LogP contribution in [0.3, 0.4) is 0 Å². The van der Waals surface area contributed by atoms with Gasteiger partial charge in [0.25, 0.3) is 0 Å². The summed E-state index contributed by atoms with van der Waals surface area (Å²) < 4.78 is 0. The minimum Gasteiger partial charge on any atom is -0.0689 e. The highest BCUT2D eigenvalue weighted by Gasteiger charge is 2.21. The molecule has 1 heteroatoms. The summed E-state index contributed by atoms with van der Waals surface area (Å²) in [7, 11) is 1.20. The smallest absolute Gasteiger partial charge is 0.0174 e. The Labute approximate surface area is 118 Å². The maximum atomic E-state index is 2.40. The molecule has 96 valence electrons. The third kappa shape index (κ3) is 1.89. The minimum absolute atomic E-state index is 0.694. The quantitative estimate of drug-likeness (QED) is 0.687. The second kappa shape index (κ2) is 4.50. The van der Waals surface area contributed by atoms with Crippen LogP contribution in [0, 0.1) is 13.8 Å². The van der Waals surface area contributed by atoms with Crippen molar-refractivity contribution in [3.63, 3.8) is 0 Å². The van der Waals surface area contributed by atoms with Gasteiger partial charge in [0, 0.05) is 10.2 Å². The zero-order valence-corrected chi connectivity index (χ0v) is 14.1. The topological polar surface area (TPSA) is 0 Å². The normalized spacial score (nSPS) is 17.4. The second-order valence-electron chi connectivity index (χ2n) is 5.69. The van der Waals surface area contributed by atoms with Crippen LogP contribution < -0.4 is 0 Å². The summed E-state index contributed by atoms with van der Waals surface area (Å²) in [6.45, 7) is 6.70. The maximum Gasteiger partial charge on any atom is 0.0174 e. The van der Waals surface area contributed by atoms with Crippen molar-refractivity contribution in [2.75, 3.05) is 0 Å². The van der Waals surface area contributed by atoms with E-state index >= 15 is 0 Å². The van der Waals surface area contributed by atoms with Crippen molar-refractivity contribution in [2.45, 2.75) is 26.3 Å². The zero-order valence-electron chi connectivity index (χ0n) is 12.1. The van der Waals surface area contributed by atoms with Gasteiger partial charge in [-0.15, -0.1) is 0 Å². The predicted molar refractivity (Wildman–Crippen MR) is 87.7 cm³/mol. The lowest BCUT2D eigenvalue weighted by Crippen LogP contribution is -1.97. The molecular formula is C18H20Si. The number of rotatable bonds is 1. The molecule has 0 N–H and O–H groups in total. The molecule has 0 radical (unpaired) electrons. The van der Waals surface area contributed by atoms with E-state index in [0.717, 1.165) is 0 Å². The molecule has 0 saturated carbocycles. The summed E-state index contributed by atoms with van der Waals surface area (Å²) in [4.78, 5) is 0. The minimum atomic E-state index is 0.694. The van der Waals surface area contributed by atoms with Gasteiger partial charge in [-0.1, -0.05) is 48.0 Å². The van der Waals surface area contributed by atoms with Gasteiger partial charge in [-0.3, -0.25) is 0 Å². The molecule has 0 fully saturated rings. The summed E-state index contributed by atoms with van der Waals surface area (Å²) in [5.74, 6) is 0. The van der Waals surface area contributed by atoms with Gasteiger partial charge >= 0.3 is 0 Å². The summed E-state index contributed by atoms with van der Waals surface area (Å²) in [6.07, 6.45) is 2.40. The molecule has 0 aliphatic heterocycles. The van der Waals surface area contributed by atoms with Gasteiger partial charge in [-0.05, 0) is 59.7 Å². The van der Waals surface area contributed by atoms with Crippen LogP contribution in [-0.2, 0) is 0 Å². The lowest BCUT2D eigenvalue weighted by Gasteiger charge is -2.15. The largest absolute Gasteiger partial charge is 0.0689 e. The molecule has 0 saturated heterocycles. The SMILES string of the molecule is CC1=Cc2c(-c3c(C)cccc3C)cccc2C1[SiH3]. The van der Waals surface area contributed by atoms with Crippen LogP contribution >= 0.6 is 0 Å². The number of benzene rings is 2. The Hall–Kier alpha value is -1.60. The molecule has 0 heterocycles. The molecule has 1 unspecified atom stereocenters. The average Bonchev–Trinajstić information content (AvgIpc) is 2.67. The van der Waals surface area contributed by atoms with Gasteiger partial charge in [0.05, 0.1) is 0 Å². The van der Waals surface area contributed by atoms with Crippen LogP contribution in [0.4, 0.5) is 0 Å². The van der Waals surface area contributed by atoms with Gasteiger partial charge in [0.2, 0.25) is 0 Å².